The lowest BCUT2D eigenvalue weighted by atomic mass is 9.99. The molecule has 0 unspecified atom stereocenters. The lowest BCUT2D eigenvalue weighted by Gasteiger charge is -2.17. The third kappa shape index (κ3) is 3.34. The number of ketones is 1. The third-order valence-electron chi connectivity index (χ3n) is 6.56. The maximum absolute atomic E-state index is 13.8. The monoisotopic (exact) mass is 492 g/mol. The van der Waals surface area contributed by atoms with Gasteiger partial charge in [-0.1, -0.05) is 6.07 Å². The molecule has 0 amide bonds. The third-order valence-corrected chi connectivity index (χ3v) is 6.56. The van der Waals surface area contributed by atoms with E-state index in [1.54, 1.807) is 36.9 Å². The maximum atomic E-state index is 13.8. The second kappa shape index (κ2) is 8.44. The summed E-state index contributed by atoms with van der Waals surface area (Å²) in [5.41, 5.74) is 5.35. The number of imidazole rings is 1. The number of hydrogen-bond donors (Lipinski definition) is 1. The fourth-order valence-corrected chi connectivity index (χ4v) is 4.75. The molecule has 0 fully saturated rings. The van der Waals surface area contributed by atoms with Crippen molar-refractivity contribution in [3.8, 4) is 16.9 Å². The van der Waals surface area contributed by atoms with Crippen LogP contribution in [0.3, 0.4) is 0 Å². The topological polar surface area (TPSA) is 60.6 Å². The molecule has 184 valence electrons. The fourth-order valence-electron chi connectivity index (χ4n) is 4.75. The molecule has 0 aliphatic carbocycles. The average molecular weight is 493 g/mol. The number of carbonyl (C=O) groups excluding carboxylic acids is 1. The lowest BCUT2D eigenvalue weighted by Crippen LogP contribution is -2.08. The van der Waals surface area contributed by atoms with Gasteiger partial charge in [0.05, 0.1) is 35.1 Å². The standard InChI is InChI=1S/C27H23F3N4O2/c1-13-9-20(27(35)15-10-17(28)23(30)18(29)11-15)34-8-6-7-16(26(13)34)22-21(36-5)12-19-24(25(22)31-3)32-14(2)33(19)4/h6-12,31H,1-5H3. The highest BCUT2D eigenvalue weighted by molar-refractivity contribution is 6.10. The fraction of sp³-hybridized carbons (Fsp3) is 0.185. The van der Waals surface area contributed by atoms with Crippen molar-refractivity contribution in [3.05, 3.63) is 82.7 Å². The predicted octanol–water partition coefficient (Wildman–Crippen LogP) is 5.81. The van der Waals surface area contributed by atoms with Crippen molar-refractivity contribution in [2.45, 2.75) is 13.8 Å². The number of nitrogens with one attached hydrogen (secondary N) is 1. The quantitative estimate of drug-likeness (QED) is 0.249. The van der Waals surface area contributed by atoms with Crippen molar-refractivity contribution < 1.29 is 22.7 Å². The van der Waals surface area contributed by atoms with E-state index < -0.39 is 23.2 Å². The number of carbonyl (C=O) groups is 1. The number of methoxy groups -OCH3 is 1. The largest absolute Gasteiger partial charge is 0.496 e. The van der Waals surface area contributed by atoms with Gasteiger partial charge >= 0.3 is 0 Å². The van der Waals surface area contributed by atoms with E-state index in [-0.39, 0.29) is 11.3 Å². The number of halogens is 3. The van der Waals surface area contributed by atoms with E-state index in [0.717, 1.165) is 39.2 Å². The van der Waals surface area contributed by atoms with Crippen molar-refractivity contribution in [1.29, 1.82) is 0 Å². The lowest BCUT2D eigenvalue weighted by molar-refractivity contribution is 0.103. The molecule has 6 nitrogen and oxygen atoms in total. The number of pyridine rings is 1. The average Bonchev–Trinajstić information content (AvgIpc) is 3.36. The van der Waals surface area contributed by atoms with Gasteiger partial charge < -0.3 is 19.0 Å². The molecule has 1 N–H and O–H groups in total. The molecule has 0 bridgehead atoms. The van der Waals surface area contributed by atoms with Crippen LogP contribution in [0, 0.1) is 31.3 Å². The maximum Gasteiger partial charge on any atom is 0.209 e. The summed E-state index contributed by atoms with van der Waals surface area (Å²) in [5.74, 6) is -3.64. The number of anilines is 1. The van der Waals surface area contributed by atoms with Gasteiger partial charge in [0, 0.05) is 37.5 Å². The van der Waals surface area contributed by atoms with Crippen LogP contribution in [-0.2, 0) is 7.05 Å². The van der Waals surface area contributed by atoms with Crippen LogP contribution in [0.1, 0.15) is 27.4 Å². The summed E-state index contributed by atoms with van der Waals surface area (Å²) in [7, 11) is 5.32. The van der Waals surface area contributed by atoms with Gasteiger partial charge in [-0.15, -0.1) is 0 Å². The van der Waals surface area contributed by atoms with Crippen LogP contribution in [0.25, 0.3) is 27.7 Å². The van der Waals surface area contributed by atoms with E-state index in [1.807, 2.05) is 37.6 Å². The first-order chi connectivity index (χ1) is 17.2. The molecule has 0 atom stereocenters. The van der Waals surface area contributed by atoms with E-state index in [2.05, 4.69) is 5.32 Å². The molecule has 0 aliphatic heterocycles. The van der Waals surface area contributed by atoms with Gasteiger partial charge in [0.1, 0.15) is 17.1 Å². The van der Waals surface area contributed by atoms with Gasteiger partial charge in [-0.05, 0) is 43.7 Å². The summed E-state index contributed by atoms with van der Waals surface area (Å²) < 4.78 is 50.6. The second-order valence-corrected chi connectivity index (χ2v) is 8.60. The summed E-state index contributed by atoms with van der Waals surface area (Å²) in [6.07, 6.45) is 1.70. The van der Waals surface area contributed by atoms with Gasteiger partial charge in [-0.3, -0.25) is 4.79 Å². The van der Waals surface area contributed by atoms with E-state index in [9.17, 15) is 18.0 Å². The van der Waals surface area contributed by atoms with E-state index in [1.165, 1.54) is 0 Å². The zero-order valence-corrected chi connectivity index (χ0v) is 20.3. The second-order valence-electron chi connectivity index (χ2n) is 8.60. The minimum atomic E-state index is -1.61. The number of nitrogens with zero attached hydrogens (tertiary/aromatic N) is 3. The zero-order valence-electron chi connectivity index (χ0n) is 20.3. The van der Waals surface area contributed by atoms with Gasteiger partial charge in [0.25, 0.3) is 0 Å². The molecule has 5 aromatic rings. The van der Waals surface area contributed by atoms with Crippen LogP contribution in [0.4, 0.5) is 18.9 Å². The molecule has 0 radical (unpaired) electrons. The number of aromatic nitrogens is 3. The van der Waals surface area contributed by atoms with E-state index in [4.69, 9.17) is 9.72 Å². The highest BCUT2D eigenvalue weighted by Gasteiger charge is 2.25. The van der Waals surface area contributed by atoms with Crippen molar-refractivity contribution >= 4 is 28.0 Å². The van der Waals surface area contributed by atoms with E-state index in [0.29, 0.717) is 23.4 Å². The molecule has 3 heterocycles. The Morgan fingerprint density at radius 3 is 2.42 bits per heavy atom. The molecule has 2 aromatic carbocycles. The Kier molecular flexibility index (Phi) is 5.50. The minimum Gasteiger partial charge on any atom is -0.496 e. The summed E-state index contributed by atoms with van der Waals surface area (Å²) in [6, 6.07) is 8.67. The first-order valence-corrected chi connectivity index (χ1v) is 11.2. The minimum absolute atomic E-state index is 0.189. The number of benzene rings is 2. The molecule has 9 heteroatoms. The highest BCUT2D eigenvalue weighted by Crippen LogP contribution is 2.44. The summed E-state index contributed by atoms with van der Waals surface area (Å²) >= 11 is 0. The van der Waals surface area contributed by atoms with Crippen LogP contribution in [0.15, 0.2) is 42.6 Å². The molecule has 0 spiro atoms. The first-order valence-electron chi connectivity index (χ1n) is 11.2. The van der Waals surface area contributed by atoms with Crippen LogP contribution >= 0.6 is 0 Å². The number of aryl methyl sites for hydroxylation is 3. The number of rotatable bonds is 5. The Balaban J connectivity index is 1.79. The smallest absolute Gasteiger partial charge is 0.209 e. The van der Waals surface area contributed by atoms with Crippen molar-refractivity contribution in [1.82, 2.24) is 14.0 Å². The van der Waals surface area contributed by atoms with Gasteiger partial charge in [0.15, 0.2) is 17.5 Å². The first kappa shape index (κ1) is 23.5. The molecule has 5 rings (SSSR count). The molecular weight excluding hydrogens is 469 g/mol. The Hall–Kier alpha value is -4.27. The number of hydrogen-bond acceptors (Lipinski definition) is 4. The van der Waals surface area contributed by atoms with Crippen LogP contribution in [-0.4, -0.2) is 33.9 Å². The van der Waals surface area contributed by atoms with Gasteiger partial charge in [-0.2, -0.15) is 0 Å². The molecule has 36 heavy (non-hydrogen) atoms. The molecule has 0 aliphatic rings. The summed E-state index contributed by atoms with van der Waals surface area (Å²) in [4.78, 5) is 18.0. The SMILES string of the molecule is CNc1c(-c2cccn3c(C(=O)c4cc(F)c(F)c(F)c4)cc(C)c23)c(OC)cc2c1nc(C)n2C. The predicted molar refractivity (Wildman–Crippen MR) is 132 cm³/mol. The van der Waals surface area contributed by atoms with Gasteiger partial charge in [0.2, 0.25) is 5.78 Å². The Morgan fingerprint density at radius 2 is 1.78 bits per heavy atom. The van der Waals surface area contributed by atoms with Crippen LogP contribution in [0.5, 0.6) is 5.75 Å². The normalized spacial score (nSPS) is 11.4. The van der Waals surface area contributed by atoms with Crippen molar-refractivity contribution in [2.75, 3.05) is 19.5 Å². The Labute approximate surface area is 204 Å². The van der Waals surface area contributed by atoms with Crippen molar-refractivity contribution in [3.63, 3.8) is 0 Å². The van der Waals surface area contributed by atoms with Crippen molar-refractivity contribution in [2.24, 2.45) is 7.05 Å². The Bertz CT molecular complexity index is 1680. The zero-order chi connectivity index (χ0) is 25.9. The highest BCUT2D eigenvalue weighted by atomic mass is 19.2. The summed E-state index contributed by atoms with van der Waals surface area (Å²) in [5, 5.41) is 3.26. The Morgan fingerprint density at radius 1 is 1.08 bits per heavy atom. The van der Waals surface area contributed by atoms with Crippen LogP contribution < -0.4 is 10.1 Å². The van der Waals surface area contributed by atoms with Gasteiger partial charge in [-0.25, -0.2) is 18.2 Å². The number of ether oxygens (including phenoxy) is 1. The molecule has 0 saturated heterocycles. The number of fused-ring (bicyclic) bond motifs is 2. The molecular formula is C27H23F3N4O2. The molecule has 0 saturated carbocycles. The van der Waals surface area contributed by atoms with E-state index >= 15 is 0 Å². The van der Waals surface area contributed by atoms with Crippen LogP contribution in [0.2, 0.25) is 0 Å². The molecule has 3 aromatic heterocycles. The summed E-state index contributed by atoms with van der Waals surface area (Å²) in [6.45, 7) is 3.76.